The van der Waals surface area contributed by atoms with E-state index in [1.807, 2.05) is 27.7 Å². The van der Waals surface area contributed by atoms with Gasteiger partial charge < -0.3 is 16.0 Å². The second-order valence-electron chi connectivity index (χ2n) is 5.59. The lowest BCUT2D eigenvalue weighted by Crippen LogP contribution is -2.61. The number of rotatable bonds is 2. The van der Waals surface area contributed by atoms with Gasteiger partial charge in [-0.05, 0) is 11.8 Å². The lowest BCUT2D eigenvalue weighted by molar-refractivity contribution is -0.145. The minimum Gasteiger partial charge on any atom is -0.353 e. The minimum absolute atomic E-state index is 0.0757. The van der Waals surface area contributed by atoms with Gasteiger partial charge in [0.2, 0.25) is 11.8 Å². The van der Waals surface area contributed by atoms with Crippen LogP contribution in [0.2, 0.25) is 0 Å². The SMILES string of the molecule is CCC1C(=O)NCCN1C(=O)C(N)C(C)(C)C. The van der Waals surface area contributed by atoms with Gasteiger partial charge in [0.15, 0.2) is 0 Å². The van der Waals surface area contributed by atoms with E-state index in [0.717, 1.165) is 0 Å². The van der Waals surface area contributed by atoms with Crippen molar-refractivity contribution in [3.05, 3.63) is 0 Å². The Morgan fingerprint density at radius 3 is 2.65 bits per heavy atom. The van der Waals surface area contributed by atoms with Gasteiger partial charge in [-0.25, -0.2) is 0 Å². The molecule has 0 aliphatic carbocycles. The number of nitrogens with two attached hydrogens (primary N) is 1. The average molecular weight is 241 g/mol. The summed E-state index contributed by atoms with van der Waals surface area (Å²) in [5.74, 6) is -0.201. The van der Waals surface area contributed by atoms with E-state index in [-0.39, 0.29) is 23.3 Å². The second kappa shape index (κ2) is 5.04. The molecule has 0 saturated carbocycles. The third-order valence-electron chi connectivity index (χ3n) is 3.20. The summed E-state index contributed by atoms with van der Waals surface area (Å²) in [6, 6.07) is -0.938. The molecule has 1 fully saturated rings. The van der Waals surface area contributed by atoms with E-state index < -0.39 is 6.04 Å². The predicted molar refractivity (Wildman–Crippen MR) is 66.2 cm³/mol. The van der Waals surface area contributed by atoms with Crippen LogP contribution in [0.4, 0.5) is 0 Å². The largest absolute Gasteiger partial charge is 0.353 e. The van der Waals surface area contributed by atoms with Crippen molar-refractivity contribution in [2.75, 3.05) is 13.1 Å². The molecule has 3 N–H and O–H groups in total. The number of nitrogens with zero attached hydrogens (tertiary/aromatic N) is 1. The number of amides is 2. The first-order valence-corrected chi connectivity index (χ1v) is 6.12. The average Bonchev–Trinajstić information content (AvgIpc) is 2.25. The van der Waals surface area contributed by atoms with Gasteiger partial charge in [-0.3, -0.25) is 9.59 Å². The summed E-state index contributed by atoms with van der Waals surface area (Å²) in [4.78, 5) is 25.6. The molecular weight excluding hydrogens is 218 g/mol. The number of hydrogen-bond acceptors (Lipinski definition) is 3. The normalized spacial score (nSPS) is 23.2. The van der Waals surface area contributed by atoms with Crippen molar-refractivity contribution in [3.8, 4) is 0 Å². The Bertz CT molecular complexity index is 309. The van der Waals surface area contributed by atoms with E-state index in [1.54, 1.807) is 4.90 Å². The van der Waals surface area contributed by atoms with Crippen LogP contribution in [0.15, 0.2) is 0 Å². The first-order valence-electron chi connectivity index (χ1n) is 6.12. The zero-order valence-electron chi connectivity index (χ0n) is 11.1. The van der Waals surface area contributed by atoms with E-state index in [4.69, 9.17) is 5.73 Å². The predicted octanol–water partition coefficient (Wildman–Crippen LogP) is 0.0968. The maximum Gasteiger partial charge on any atom is 0.242 e. The molecule has 5 nitrogen and oxygen atoms in total. The number of carbonyl (C=O) groups is 2. The molecule has 0 aromatic rings. The molecular formula is C12H23N3O2. The number of carbonyl (C=O) groups excluding carboxylic acids is 2. The highest BCUT2D eigenvalue weighted by Crippen LogP contribution is 2.21. The maximum atomic E-state index is 12.3. The summed E-state index contributed by atoms with van der Waals surface area (Å²) in [6.45, 7) is 8.75. The van der Waals surface area contributed by atoms with Crippen LogP contribution in [0.1, 0.15) is 34.1 Å². The summed E-state index contributed by atoms with van der Waals surface area (Å²) in [5, 5.41) is 2.77. The maximum absolute atomic E-state index is 12.3. The van der Waals surface area contributed by atoms with Gasteiger partial charge in [0.05, 0.1) is 6.04 Å². The molecule has 17 heavy (non-hydrogen) atoms. The zero-order chi connectivity index (χ0) is 13.2. The summed E-state index contributed by atoms with van der Waals surface area (Å²) in [7, 11) is 0. The smallest absolute Gasteiger partial charge is 0.242 e. The van der Waals surface area contributed by atoms with Crippen LogP contribution in [0.3, 0.4) is 0 Å². The van der Waals surface area contributed by atoms with E-state index in [2.05, 4.69) is 5.32 Å². The van der Waals surface area contributed by atoms with Gasteiger partial charge in [-0.1, -0.05) is 27.7 Å². The van der Waals surface area contributed by atoms with E-state index in [0.29, 0.717) is 19.5 Å². The molecule has 0 radical (unpaired) electrons. The standard InChI is InChI=1S/C12H23N3O2/c1-5-8-10(16)14-6-7-15(8)11(17)9(13)12(2,3)4/h8-9H,5-7,13H2,1-4H3,(H,14,16). The van der Waals surface area contributed by atoms with Crippen LogP contribution >= 0.6 is 0 Å². The molecule has 1 heterocycles. The highest BCUT2D eigenvalue weighted by Gasteiger charge is 2.37. The fraction of sp³-hybridized carbons (Fsp3) is 0.833. The Balaban J connectivity index is 2.83. The highest BCUT2D eigenvalue weighted by molar-refractivity contribution is 5.91. The van der Waals surface area contributed by atoms with Gasteiger partial charge in [0, 0.05) is 13.1 Å². The fourth-order valence-corrected chi connectivity index (χ4v) is 1.93. The molecule has 2 atom stereocenters. The Labute approximate surface area is 103 Å². The fourth-order valence-electron chi connectivity index (χ4n) is 1.93. The molecule has 0 bridgehead atoms. The van der Waals surface area contributed by atoms with Crippen LogP contribution in [0, 0.1) is 5.41 Å². The van der Waals surface area contributed by atoms with Crippen LogP contribution < -0.4 is 11.1 Å². The lowest BCUT2D eigenvalue weighted by atomic mass is 9.86. The molecule has 2 unspecified atom stereocenters. The molecule has 0 aromatic carbocycles. The third kappa shape index (κ3) is 2.97. The van der Waals surface area contributed by atoms with Crippen LogP contribution in [0.5, 0.6) is 0 Å². The van der Waals surface area contributed by atoms with Gasteiger partial charge >= 0.3 is 0 Å². The van der Waals surface area contributed by atoms with Crippen molar-refractivity contribution < 1.29 is 9.59 Å². The summed E-state index contributed by atoms with van der Waals surface area (Å²) in [5.41, 5.74) is 5.68. The molecule has 0 spiro atoms. The Kier molecular flexibility index (Phi) is 4.14. The van der Waals surface area contributed by atoms with Crippen molar-refractivity contribution >= 4 is 11.8 Å². The van der Waals surface area contributed by atoms with Crippen LogP contribution in [0.25, 0.3) is 0 Å². The molecule has 5 heteroatoms. The van der Waals surface area contributed by atoms with Crippen LogP contribution in [-0.2, 0) is 9.59 Å². The van der Waals surface area contributed by atoms with Crippen molar-refractivity contribution in [3.63, 3.8) is 0 Å². The summed E-state index contributed by atoms with van der Waals surface area (Å²) in [6.07, 6.45) is 0.619. The van der Waals surface area contributed by atoms with Gasteiger partial charge in [-0.2, -0.15) is 0 Å². The Hall–Kier alpha value is -1.10. The van der Waals surface area contributed by atoms with Gasteiger partial charge in [0.1, 0.15) is 6.04 Å². The molecule has 0 aromatic heterocycles. The van der Waals surface area contributed by atoms with Gasteiger partial charge in [-0.15, -0.1) is 0 Å². The Morgan fingerprint density at radius 2 is 2.18 bits per heavy atom. The minimum atomic E-state index is -0.567. The van der Waals surface area contributed by atoms with Crippen molar-refractivity contribution in [1.82, 2.24) is 10.2 Å². The second-order valence-corrected chi connectivity index (χ2v) is 5.59. The van der Waals surface area contributed by atoms with E-state index in [9.17, 15) is 9.59 Å². The molecule has 1 aliphatic rings. The summed E-state index contributed by atoms with van der Waals surface area (Å²) < 4.78 is 0. The molecule has 1 aliphatic heterocycles. The quantitative estimate of drug-likeness (QED) is 0.720. The Morgan fingerprint density at radius 1 is 1.59 bits per heavy atom. The first-order chi connectivity index (χ1) is 7.79. The lowest BCUT2D eigenvalue weighted by Gasteiger charge is -2.38. The van der Waals surface area contributed by atoms with Gasteiger partial charge in [0.25, 0.3) is 0 Å². The topological polar surface area (TPSA) is 75.4 Å². The van der Waals surface area contributed by atoms with Crippen LogP contribution in [-0.4, -0.2) is 41.9 Å². The molecule has 1 saturated heterocycles. The summed E-state index contributed by atoms with van der Waals surface area (Å²) >= 11 is 0. The molecule has 98 valence electrons. The monoisotopic (exact) mass is 241 g/mol. The number of nitrogens with one attached hydrogen (secondary N) is 1. The van der Waals surface area contributed by atoms with Crippen molar-refractivity contribution in [1.29, 1.82) is 0 Å². The van der Waals surface area contributed by atoms with Crippen molar-refractivity contribution in [2.45, 2.75) is 46.2 Å². The van der Waals surface area contributed by atoms with E-state index in [1.165, 1.54) is 0 Å². The molecule has 2 amide bonds. The molecule has 1 rings (SSSR count). The van der Waals surface area contributed by atoms with E-state index >= 15 is 0 Å². The first kappa shape index (κ1) is 14.0. The van der Waals surface area contributed by atoms with Crippen molar-refractivity contribution in [2.24, 2.45) is 11.1 Å². The number of hydrogen-bond donors (Lipinski definition) is 2. The third-order valence-corrected chi connectivity index (χ3v) is 3.20. The number of piperazine rings is 1. The zero-order valence-corrected chi connectivity index (χ0v) is 11.1. The highest BCUT2D eigenvalue weighted by atomic mass is 16.2.